The summed E-state index contributed by atoms with van der Waals surface area (Å²) in [7, 11) is 0. The first-order valence-electron chi connectivity index (χ1n) is 8.75. The van der Waals surface area contributed by atoms with E-state index in [-0.39, 0.29) is 12.0 Å². The number of benzene rings is 1. The fourth-order valence-electron chi connectivity index (χ4n) is 3.22. The quantitative estimate of drug-likeness (QED) is 0.741. The molecule has 1 fully saturated rings. The van der Waals surface area contributed by atoms with E-state index in [2.05, 4.69) is 16.8 Å². The highest BCUT2D eigenvalue weighted by Gasteiger charge is 2.30. The number of ether oxygens (including phenoxy) is 1. The van der Waals surface area contributed by atoms with Crippen molar-refractivity contribution in [2.75, 3.05) is 13.2 Å². The highest BCUT2D eigenvalue weighted by Crippen LogP contribution is 2.26. The molecule has 1 atom stereocenters. The molecule has 128 valence electrons. The second kappa shape index (κ2) is 7.38. The van der Waals surface area contributed by atoms with Crippen LogP contribution >= 0.6 is 11.3 Å². The van der Waals surface area contributed by atoms with Crippen LogP contribution in [0.15, 0.2) is 30.3 Å². The summed E-state index contributed by atoms with van der Waals surface area (Å²) in [6.07, 6.45) is 3.54. The van der Waals surface area contributed by atoms with Crippen LogP contribution in [0, 0.1) is 11.8 Å². The molecule has 1 amide bonds. The summed E-state index contributed by atoms with van der Waals surface area (Å²) in [6, 6.07) is 9.92. The number of nitrogens with zero attached hydrogens (tertiary/aromatic N) is 2. The molecule has 1 aromatic heterocycles. The molecule has 2 aliphatic rings. The second-order valence-electron chi connectivity index (χ2n) is 6.37. The maximum Gasteiger partial charge on any atom is 0.252 e. The van der Waals surface area contributed by atoms with Crippen LogP contribution in [0.1, 0.15) is 40.4 Å². The molecule has 0 saturated carbocycles. The molecule has 1 unspecified atom stereocenters. The number of rotatable bonds is 1. The van der Waals surface area contributed by atoms with Gasteiger partial charge in [0.15, 0.2) is 5.01 Å². The average molecular weight is 352 g/mol. The average Bonchev–Trinajstić information content (AvgIpc) is 3.09. The molecule has 25 heavy (non-hydrogen) atoms. The van der Waals surface area contributed by atoms with Crippen molar-refractivity contribution in [3.05, 3.63) is 51.5 Å². The van der Waals surface area contributed by atoms with Crippen molar-refractivity contribution in [2.24, 2.45) is 0 Å². The molecule has 0 N–H and O–H groups in total. The SMILES string of the molecule is O=C(C1CCCCO1)N1CCc2nc(C#Cc3ccccc3)sc2C1. The van der Waals surface area contributed by atoms with Gasteiger partial charge in [0.25, 0.3) is 5.91 Å². The first kappa shape index (κ1) is 16.3. The lowest BCUT2D eigenvalue weighted by molar-refractivity contribution is -0.147. The molecule has 2 aliphatic heterocycles. The Morgan fingerprint density at radius 2 is 2.12 bits per heavy atom. The maximum absolute atomic E-state index is 12.6. The Hall–Kier alpha value is -2.16. The van der Waals surface area contributed by atoms with Gasteiger partial charge in [0, 0.05) is 30.0 Å². The van der Waals surface area contributed by atoms with Crippen LogP contribution in [0.25, 0.3) is 0 Å². The maximum atomic E-state index is 12.6. The minimum Gasteiger partial charge on any atom is -0.368 e. The van der Waals surface area contributed by atoms with Crippen molar-refractivity contribution in [1.82, 2.24) is 9.88 Å². The first-order valence-corrected chi connectivity index (χ1v) is 9.57. The van der Waals surface area contributed by atoms with Crippen molar-refractivity contribution in [1.29, 1.82) is 0 Å². The van der Waals surface area contributed by atoms with Gasteiger partial charge in [-0.1, -0.05) is 24.1 Å². The summed E-state index contributed by atoms with van der Waals surface area (Å²) >= 11 is 1.60. The van der Waals surface area contributed by atoms with Gasteiger partial charge in [-0.2, -0.15) is 0 Å². The summed E-state index contributed by atoms with van der Waals surface area (Å²) in [6.45, 7) is 2.06. The van der Waals surface area contributed by atoms with Gasteiger partial charge in [0.05, 0.1) is 12.2 Å². The van der Waals surface area contributed by atoms with Crippen LogP contribution in [0.4, 0.5) is 0 Å². The van der Waals surface area contributed by atoms with Crippen LogP contribution in [0.2, 0.25) is 0 Å². The standard InChI is InChI=1S/C20H20N2O2S/c23-20(17-8-4-5-13-24-17)22-12-11-16-18(14-22)25-19(21-16)10-9-15-6-2-1-3-7-15/h1-3,6-7,17H,4-5,8,11-14H2. The fourth-order valence-corrected chi connectivity index (χ4v) is 4.20. The van der Waals surface area contributed by atoms with E-state index in [1.807, 2.05) is 35.2 Å². The number of hydrogen-bond donors (Lipinski definition) is 0. The third-order valence-electron chi connectivity index (χ3n) is 4.59. The van der Waals surface area contributed by atoms with E-state index in [1.165, 1.54) is 0 Å². The monoisotopic (exact) mass is 352 g/mol. The zero-order valence-electron chi connectivity index (χ0n) is 14.0. The predicted octanol–water partition coefficient (Wildman–Crippen LogP) is 3.00. The van der Waals surface area contributed by atoms with Crippen LogP contribution in [-0.2, 0) is 22.5 Å². The van der Waals surface area contributed by atoms with E-state index in [4.69, 9.17) is 4.74 Å². The van der Waals surface area contributed by atoms with Crippen LogP contribution in [-0.4, -0.2) is 35.0 Å². The predicted molar refractivity (Wildman–Crippen MR) is 97.2 cm³/mol. The molecule has 1 saturated heterocycles. The second-order valence-corrected chi connectivity index (χ2v) is 7.45. The lowest BCUT2D eigenvalue weighted by atomic mass is 10.1. The van der Waals surface area contributed by atoms with Crippen LogP contribution in [0.5, 0.6) is 0 Å². The molecular weight excluding hydrogens is 332 g/mol. The Bertz CT molecular complexity index is 813. The highest BCUT2D eigenvalue weighted by molar-refractivity contribution is 7.12. The first-order chi connectivity index (χ1) is 12.3. The number of carbonyl (C=O) groups excluding carboxylic acids is 1. The highest BCUT2D eigenvalue weighted by atomic mass is 32.1. The number of aromatic nitrogens is 1. The van der Waals surface area contributed by atoms with Gasteiger partial charge in [-0.05, 0) is 37.3 Å². The van der Waals surface area contributed by atoms with E-state index < -0.39 is 0 Å². The Balaban J connectivity index is 1.46. The zero-order valence-corrected chi connectivity index (χ0v) is 14.8. The number of fused-ring (bicyclic) bond motifs is 1. The Labute approximate surface area is 151 Å². The van der Waals surface area contributed by atoms with Crippen molar-refractivity contribution in [3.63, 3.8) is 0 Å². The van der Waals surface area contributed by atoms with Gasteiger partial charge in [-0.25, -0.2) is 4.98 Å². The van der Waals surface area contributed by atoms with E-state index >= 15 is 0 Å². The fraction of sp³-hybridized carbons (Fsp3) is 0.400. The molecule has 0 radical (unpaired) electrons. The third kappa shape index (κ3) is 3.76. The minimum absolute atomic E-state index is 0.135. The summed E-state index contributed by atoms with van der Waals surface area (Å²) in [4.78, 5) is 20.4. The van der Waals surface area contributed by atoms with Crippen molar-refractivity contribution in [3.8, 4) is 11.8 Å². The van der Waals surface area contributed by atoms with Gasteiger partial charge < -0.3 is 9.64 Å². The van der Waals surface area contributed by atoms with Crippen molar-refractivity contribution < 1.29 is 9.53 Å². The number of thiazole rings is 1. The normalized spacial score (nSPS) is 19.7. The summed E-state index contributed by atoms with van der Waals surface area (Å²) in [5.74, 6) is 6.44. The summed E-state index contributed by atoms with van der Waals surface area (Å²) < 4.78 is 5.65. The topological polar surface area (TPSA) is 42.4 Å². The largest absolute Gasteiger partial charge is 0.368 e. The lowest BCUT2D eigenvalue weighted by Crippen LogP contribution is -2.44. The number of amides is 1. The molecule has 0 bridgehead atoms. The number of hydrogen-bond acceptors (Lipinski definition) is 4. The van der Waals surface area contributed by atoms with Gasteiger partial charge >= 0.3 is 0 Å². The smallest absolute Gasteiger partial charge is 0.252 e. The van der Waals surface area contributed by atoms with E-state index in [0.717, 1.165) is 53.4 Å². The Kier molecular flexibility index (Phi) is 4.82. The van der Waals surface area contributed by atoms with Gasteiger partial charge in [0.2, 0.25) is 0 Å². The Morgan fingerprint density at radius 1 is 1.24 bits per heavy atom. The minimum atomic E-state index is -0.249. The van der Waals surface area contributed by atoms with E-state index in [9.17, 15) is 4.79 Å². The molecule has 2 aromatic rings. The van der Waals surface area contributed by atoms with Gasteiger partial charge in [-0.3, -0.25) is 4.79 Å². The molecule has 0 spiro atoms. The molecule has 0 aliphatic carbocycles. The van der Waals surface area contributed by atoms with E-state index in [1.54, 1.807) is 11.3 Å². The van der Waals surface area contributed by atoms with Gasteiger partial charge in [0.1, 0.15) is 6.10 Å². The van der Waals surface area contributed by atoms with Crippen LogP contribution in [0.3, 0.4) is 0 Å². The molecular formula is C20H20N2O2S. The van der Waals surface area contributed by atoms with Gasteiger partial charge in [-0.15, -0.1) is 11.3 Å². The van der Waals surface area contributed by atoms with Crippen molar-refractivity contribution >= 4 is 17.2 Å². The van der Waals surface area contributed by atoms with E-state index in [0.29, 0.717) is 13.2 Å². The summed E-state index contributed by atoms with van der Waals surface area (Å²) in [5, 5.41) is 0.831. The lowest BCUT2D eigenvalue weighted by Gasteiger charge is -2.31. The number of carbonyl (C=O) groups is 1. The molecule has 1 aromatic carbocycles. The molecule has 5 heteroatoms. The van der Waals surface area contributed by atoms with Crippen molar-refractivity contribution in [2.45, 2.75) is 38.3 Å². The Morgan fingerprint density at radius 3 is 2.92 bits per heavy atom. The summed E-state index contributed by atoms with van der Waals surface area (Å²) in [5.41, 5.74) is 2.08. The zero-order chi connectivity index (χ0) is 17.1. The molecule has 4 rings (SSSR count). The third-order valence-corrected chi connectivity index (χ3v) is 5.58. The van der Waals surface area contributed by atoms with Crippen LogP contribution < -0.4 is 0 Å². The molecule has 3 heterocycles. The molecule has 4 nitrogen and oxygen atoms in total.